The second-order valence-electron chi connectivity index (χ2n) is 6.60. The predicted octanol–water partition coefficient (Wildman–Crippen LogP) is 2.99. The highest BCUT2D eigenvalue weighted by atomic mass is 15.2. The minimum absolute atomic E-state index is 0.771. The van der Waals surface area contributed by atoms with Crippen molar-refractivity contribution in [2.75, 3.05) is 26.2 Å². The van der Waals surface area contributed by atoms with Crippen LogP contribution in [0.3, 0.4) is 0 Å². The first kappa shape index (κ1) is 15.0. The van der Waals surface area contributed by atoms with Crippen LogP contribution in [-0.4, -0.2) is 37.1 Å². The number of nitrogens with one attached hydrogen (secondary N) is 1. The maximum absolute atomic E-state index is 3.54. The Bertz CT molecular complexity index is 189. The van der Waals surface area contributed by atoms with Crippen molar-refractivity contribution in [2.45, 2.75) is 53.5 Å². The first-order chi connectivity index (χ1) is 8.00. The van der Waals surface area contributed by atoms with Gasteiger partial charge in [0.25, 0.3) is 0 Å². The fourth-order valence-corrected chi connectivity index (χ4v) is 2.58. The van der Waals surface area contributed by atoms with Crippen LogP contribution < -0.4 is 5.32 Å². The molecule has 1 rings (SSSR count). The van der Waals surface area contributed by atoms with Gasteiger partial charge in [0, 0.05) is 12.6 Å². The van der Waals surface area contributed by atoms with Crippen LogP contribution in [0.2, 0.25) is 0 Å². The molecule has 102 valence electrons. The van der Waals surface area contributed by atoms with Crippen LogP contribution in [0.1, 0.15) is 47.5 Å². The third-order valence-electron chi connectivity index (χ3n) is 3.93. The Balaban J connectivity index is 2.45. The topological polar surface area (TPSA) is 15.3 Å². The van der Waals surface area contributed by atoms with Gasteiger partial charge in [-0.2, -0.15) is 0 Å². The van der Waals surface area contributed by atoms with E-state index in [4.69, 9.17) is 0 Å². The second-order valence-corrected chi connectivity index (χ2v) is 6.60. The molecule has 0 saturated carbocycles. The van der Waals surface area contributed by atoms with Gasteiger partial charge in [-0.15, -0.1) is 0 Å². The van der Waals surface area contributed by atoms with Gasteiger partial charge in [0.2, 0.25) is 0 Å². The molecule has 17 heavy (non-hydrogen) atoms. The molecule has 0 spiro atoms. The molecular formula is C15H32N2. The fraction of sp³-hybridized carbons (Fsp3) is 1.00. The summed E-state index contributed by atoms with van der Waals surface area (Å²) in [6.45, 7) is 16.7. The molecule has 1 aliphatic heterocycles. The third kappa shape index (κ3) is 5.39. The molecule has 0 aromatic heterocycles. The first-order valence-corrected chi connectivity index (χ1v) is 7.45. The van der Waals surface area contributed by atoms with Crippen LogP contribution in [0.5, 0.6) is 0 Å². The lowest BCUT2D eigenvalue weighted by Gasteiger charge is -2.32. The van der Waals surface area contributed by atoms with E-state index in [0.717, 1.165) is 23.8 Å². The molecule has 0 aromatic carbocycles. The van der Waals surface area contributed by atoms with Crippen molar-refractivity contribution in [3.63, 3.8) is 0 Å². The van der Waals surface area contributed by atoms with Crippen molar-refractivity contribution < 1.29 is 0 Å². The van der Waals surface area contributed by atoms with Crippen molar-refractivity contribution >= 4 is 0 Å². The molecule has 2 heteroatoms. The van der Waals surface area contributed by atoms with Crippen LogP contribution in [-0.2, 0) is 0 Å². The Labute approximate surface area is 108 Å². The summed E-state index contributed by atoms with van der Waals surface area (Å²) >= 11 is 0. The fourth-order valence-electron chi connectivity index (χ4n) is 2.58. The molecular weight excluding hydrogens is 208 g/mol. The Kier molecular flexibility index (Phi) is 6.50. The SMILES string of the molecule is CC(C)CCN(CCC(C)C)C1CNCC1C. The minimum atomic E-state index is 0.771. The molecule has 2 unspecified atom stereocenters. The molecule has 1 N–H and O–H groups in total. The summed E-state index contributed by atoms with van der Waals surface area (Å²) in [5.74, 6) is 2.46. The van der Waals surface area contributed by atoms with E-state index in [1.165, 1.54) is 39.0 Å². The highest BCUT2D eigenvalue weighted by Gasteiger charge is 2.28. The van der Waals surface area contributed by atoms with E-state index in [1.807, 2.05) is 0 Å². The third-order valence-corrected chi connectivity index (χ3v) is 3.93. The Hall–Kier alpha value is -0.0800. The van der Waals surface area contributed by atoms with Crippen molar-refractivity contribution in [2.24, 2.45) is 17.8 Å². The summed E-state index contributed by atoms with van der Waals surface area (Å²) in [6, 6.07) is 0.771. The van der Waals surface area contributed by atoms with Crippen LogP contribution in [0.25, 0.3) is 0 Å². The molecule has 0 radical (unpaired) electrons. The van der Waals surface area contributed by atoms with Gasteiger partial charge in [-0.05, 0) is 50.2 Å². The molecule has 0 aliphatic carbocycles. The van der Waals surface area contributed by atoms with Gasteiger partial charge in [0.15, 0.2) is 0 Å². The van der Waals surface area contributed by atoms with Crippen LogP contribution >= 0.6 is 0 Å². The largest absolute Gasteiger partial charge is 0.315 e. The zero-order valence-corrected chi connectivity index (χ0v) is 12.5. The molecule has 2 nitrogen and oxygen atoms in total. The summed E-state index contributed by atoms with van der Waals surface area (Å²) in [6.07, 6.45) is 2.67. The number of rotatable bonds is 7. The average Bonchev–Trinajstić information content (AvgIpc) is 2.64. The molecule has 1 heterocycles. The average molecular weight is 240 g/mol. The minimum Gasteiger partial charge on any atom is -0.315 e. The van der Waals surface area contributed by atoms with Crippen LogP contribution in [0.4, 0.5) is 0 Å². The molecule has 0 aromatic rings. The van der Waals surface area contributed by atoms with Crippen molar-refractivity contribution in [1.82, 2.24) is 10.2 Å². The van der Waals surface area contributed by atoms with E-state index in [9.17, 15) is 0 Å². The van der Waals surface area contributed by atoms with Gasteiger partial charge in [0.1, 0.15) is 0 Å². The van der Waals surface area contributed by atoms with E-state index in [0.29, 0.717) is 0 Å². The summed E-state index contributed by atoms with van der Waals surface area (Å²) in [4.78, 5) is 2.74. The van der Waals surface area contributed by atoms with Crippen LogP contribution in [0, 0.1) is 17.8 Å². The molecule has 0 amide bonds. The zero-order chi connectivity index (χ0) is 12.8. The molecule has 1 saturated heterocycles. The lowest BCUT2D eigenvalue weighted by Crippen LogP contribution is -2.42. The quantitative estimate of drug-likeness (QED) is 0.736. The number of nitrogens with zero attached hydrogens (tertiary/aromatic N) is 1. The second kappa shape index (κ2) is 7.38. The summed E-state index contributed by atoms with van der Waals surface area (Å²) in [7, 11) is 0. The van der Waals surface area contributed by atoms with Gasteiger partial charge in [-0.25, -0.2) is 0 Å². The highest BCUT2D eigenvalue weighted by Crippen LogP contribution is 2.18. The van der Waals surface area contributed by atoms with E-state index < -0.39 is 0 Å². The monoisotopic (exact) mass is 240 g/mol. The normalized spacial score (nSPS) is 25.4. The van der Waals surface area contributed by atoms with Gasteiger partial charge in [-0.1, -0.05) is 34.6 Å². The molecule has 0 bridgehead atoms. The van der Waals surface area contributed by atoms with Crippen molar-refractivity contribution in [3.8, 4) is 0 Å². The highest BCUT2D eigenvalue weighted by molar-refractivity contribution is 4.86. The Morgan fingerprint density at radius 1 is 1.00 bits per heavy atom. The summed E-state index contributed by atoms with van der Waals surface area (Å²) < 4.78 is 0. The Morgan fingerprint density at radius 3 is 1.88 bits per heavy atom. The molecule has 2 atom stereocenters. The number of hydrogen-bond acceptors (Lipinski definition) is 2. The van der Waals surface area contributed by atoms with Gasteiger partial charge in [-0.3, -0.25) is 4.90 Å². The predicted molar refractivity (Wildman–Crippen MR) is 76.3 cm³/mol. The Morgan fingerprint density at radius 2 is 1.53 bits per heavy atom. The van der Waals surface area contributed by atoms with E-state index in [2.05, 4.69) is 44.8 Å². The maximum Gasteiger partial charge on any atom is 0.0258 e. The lowest BCUT2D eigenvalue weighted by atomic mass is 10.0. The number of hydrogen-bond donors (Lipinski definition) is 1. The van der Waals surface area contributed by atoms with E-state index >= 15 is 0 Å². The lowest BCUT2D eigenvalue weighted by molar-refractivity contribution is 0.160. The van der Waals surface area contributed by atoms with Gasteiger partial charge >= 0.3 is 0 Å². The molecule has 1 fully saturated rings. The maximum atomic E-state index is 3.54. The van der Waals surface area contributed by atoms with Gasteiger partial charge < -0.3 is 5.32 Å². The van der Waals surface area contributed by atoms with Crippen LogP contribution in [0.15, 0.2) is 0 Å². The smallest absolute Gasteiger partial charge is 0.0258 e. The van der Waals surface area contributed by atoms with E-state index in [-0.39, 0.29) is 0 Å². The van der Waals surface area contributed by atoms with Crippen molar-refractivity contribution in [1.29, 1.82) is 0 Å². The van der Waals surface area contributed by atoms with E-state index in [1.54, 1.807) is 0 Å². The van der Waals surface area contributed by atoms with Crippen molar-refractivity contribution in [3.05, 3.63) is 0 Å². The van der Waals surface area contributed by atoms with Gasteiger partial charge in [0.05, 0.1) is 0 Å². The first-order valence-electron chi connectivity index (χ1n) is 7.45. The molecule has 1 aliphatic rings. The standard InChI is InChI=1S/C15H32N2/c1-12(2)6-8-17(9-7-13(3)4)15-11-16-10-14(15)5/h12-16H,6-11H2,1-5H3. The summed E-state index contributed by atoms with van der Waals surface area (Å²) in [5.41, 5.74) is 0. The summed E-state index contributed by atoms with van der Waals surface area (Å²) in [5, 5.41) is 3.54. The zero-order valence-electron chi connectivity index (χ0n) is 12.5.